The molecule has 22 heavy (non-hydrogen) atoms. The Balaban J connectivity index is 2.07. The van der Waals surface area contributed by atoms with Crippen molar-refractivity contribution >= 4 is 11.6 Å². The van der Waals surface area contributed by atoms with E-state index < -0.39 is 17.5 Å². The Morgan fingerprint density at radius 2 is 1.50 bits per heavy atom. The molecule has 0 aliphatic carbocycles. The van der Waals surface area contributed by atoms with Crippen molar-refractivity contribution in [2.24, 2.45) is 0 Å². The topological polar surface area (TPSA) is 41.1 Å². The molecule has 0 heterocycles. The van der Waals surface area contributed by atoms with Gasteiger partial charge in [-0.3, -0.25) is 15.6 Å². The summed E-state index contributed by atoms with van der Waals surface area (Å²) in [6, 6.07) is 10.5. The fourth-order valence-electron chi connectivity index (χ4n) is 1.93. The summed E-state index contributed by atoms with van der Waals surface area (Å²) in [5.41, 5.74) is 5.66. The lowest BCUT2D eigenvalue weighted by atomic mass is 9.87. The van der Waals surface area contributed by atoms with E-state index in [0.717, 1.165) is 17.7 Å². The molecular weight excluding hydrogens is 286 g/mol. The Hall–Kier alpha value is -2.43. The van der Waals surface area contributed by atoms with Crippen LogP contribution in [-0.2, 0) is 5.41 Å². The average molecular weight is 304 g/mol. The normalized spacial score (nSPS) is 11.1. The van der Waals surface area contributed by atoms with Gasteiger partial charge in [-0.05, 0) is 35.2 Å². The van der Waals surface area contributed by atoms with Crippen molar-refractivity contribution in [2.75, 3.05) is 5.43 Å². The fraction of sp³-hybridized carbons (Fsp3) is 0.235. The molecule has 2 N–H and O–H groups in total. The summed E-state index contributed by atoms with van der Waals surface area (Å²) < 4.78 is 26.9. The van der Waals surface area contributed by atoms with Gasteiger partial charge in [0.15, 0.2) is 11.6 Å². The second kappa shape index (κ2) is 6.13. The van der Waals surface area contributed by atoms with Crippen molar-refractivity contribution in [3.63, 3.8) is 0 Å². The third-order valence-corrected chi connectivity index (χ3v) is 3.28. The molecule has 0 fully saturated rings. The number of amides is 1. The van der Waals surface area contributed by atoms with Crippen LogP contribution in [0.2, 0.25) is 0 Å². The predicted octanol–water partition coefficient (Wildman–Crippen LogP) is 4.02. The molecule has 2 aromatic rings. The van der Waals surface area contributed by atoms with E-state index in [2.05, 4.69) is 31.6 Å². The van der Waals surface area contributed by atoms with Crippen molar-refractivity contribution < 1.29 is 13.6 Å². The number of hydrogen-bond acceptors (Lipinski definition) is 2. The van der Waals surface area contributed by atoms with Gasteiger partial charge in [0, 0.05) is 5.56 Å². The smallest absolute Gasteiger partial charge is 0.269 e. The van der Waals surface area contributed by atoms with Crippen LogP contribution in [0.4, 0.5) is 14.5 Å². The number of para-hydroxylation sites is 1. The monoisotopic (exact) mass is 304 g/mol. The fourth-order valence-corrected chi connectivity index (χ4v) is 1.93. The van der Waals surface area contributed by atoms with Crippen LogP contribution < -0.4 is 10.9 Å². The molecule has 0 saturated carbocycles. The molecule has 0 saturated heterocycles. The predicted molar refractivity (Wildman–Crippen MR) is 82.6 cm³/mol. The van der Waals surface area contributed by atoms with Crippen molar-refractivity contribution in [1.29, 1.82) is 0 Å². The molecule has 0 spiro atoms. The summed E-state index contributed by atoms with van der Waals surface area (Å²) in [7, 11) is 0. The largest absolute Gasteiger partial charge is 0.293 e. The van der Waals surface area contributed by atoms with Gasteiger partial charge in [-0.1, -0.05) is 39.0 Å². The highest BCUT2D eigenvalue weighted by Gasteiger charge is 2.15. The molecule has 0 aromatic heterocycles. The van der Waals surface area contributed by atoms with Gasteiger partial charge in [0.2, 0.25) is 0 Å². The van der Waals surface area contributed by atoms with E-state index in [-0.39, 0.29) is 11.1 Å². The molecule has 5 heteroatoms. The van der Waals surface area contributed by atoms with Crippen molar-refractivity contribution in [1.82, 2.24) is 5.43 Å². The second-order valence-corrected chi connectivity index (χ2v) is 6.00. The van der Waals surface area contributed by atoms with Gasteiger partial charge >= 0.3 is 0 Å². The summed E-state index contributed by atoms with van der Waals surface area (Å²) in [6.45, 7) is 6.22. The number of anilines is 1. The maximum Gasteiger partial charge on any atom is 0.269 e. The first-order chi connectivity index (χ1) is 10.3. The van der Waals surface area contributed by atoms with Crippen LogP contribution in [0.1, 0.15) is 36.7 Å². The van der Waals surface area contributed by atoms with E-state index in [0.29, 0.717) is 5.56 Å². The minimum Gasteiger partial charge on any atom is -0.293 e. The molecule has 0 radical (unpaired) electrons. The Morgan fingerprint density at radius 3 is 2.00 bits per heavy atom. The van der Waals surface area contributed by atoms with Crippen LogP contribution >= 0.6 is 0 Å². The maximum atomic E-state index is 13.4. The molecule has 0 unspecified atom stereocenters. The Morgan fingerprint density at radius 1 is 0.955 bits per heavy atom. The third-order valence-electron chi connectivity index (χ3n) is 3.28. The summed E-state index contributed by atoms with van der Waals surface area (Å²) in [5, 5.41) is 0. The van der Waals surface area contributed by atoms with Gasteiger partial charge in [-0.25, -0.2) is 8.78 Å². The number of nitrogens with one attached hydrogen (secondary N) is 2. The zero-order valence-electron chi connectivity index (χ0n) is 12.7. The van der Waals surface area contributed by atoms with Crippen molar-refractivity contribution in [2.45, 2.75) is 26.2 Å². The Kier molecular flexibility index (Phi) is 4.45. The summed E-state index contributed by atoms with van der Waals surface area (Å²) in [5.74, 6) is -2.02. The van der Waals surface area contributed by atoms with E-state index in [4.69, 9.17) is 0 Å². The molecule has 0 aliphatic rings. The van der Waals surface area contributed by atoms with Crippen LogP contribution in [0.15, 0.2) is 42.5 Å². The first-order valence-corrected chi connectivity index (χ1v) is 6.90. The number of hydrazine groups is 1. The molecule has 2 aromatic carbocycles. The van der Waals surface area contributed by atoms with E-state index >= 15 is 0 Å². The minimum absolute atomic E-state index is 0.0104. The van der Waals surface area contributed by atoms with Gasteiger partial charge in [0.25, 0.3) is 5.91 Å². The zero-order valence-corrected chi connectivity index (χ0v) is 12.7. The molecule has 0 atom stereocenters. The lowest BCUT2D eigenvalue weighted by molar-refractivity contribution is 0.0962. The first kappa shape index (κ1) is 15.9. The summed E-state index contributed by atoms with van der Waals surface area (Å²) in [4.78, 5) is 12.0. The highest BCUT2D eigenvalue weighted by molar-refractivity contribution is 5.94. The van der Waals surface area contributed by atoms with Gasteiger partial charge in [-0.15, -0.1) is 0 Å². The number of rotatable bonds is 3. The number of carbonyl (C=O) groups excluding carboxylic acids is 1. The van der Waals surface area contributed by atoms with Crippen LogP contribution in [0.25, 0.3) is 0 Å². The molecule has 0 bridgehead atoms. The highest BCUT2D eigenvalue weighted by atomic mass is 19.1. The van der Waals surface area contributed by atoms with E-state index in [1.165, 1.54) is 6.07 Å². The highest BCUT2D eigenvalue weighted by Crippen LogP contribution is 2.22. The molecule has 3 nitrogen and oxygen atoms in total. The average Bonchev–Trinajstić information content (AvgIpc) is 2.46. The molecule has 116 valence electrons. The Bertz CT molecular complexity index is 656. The van der Waals surface area contributed by atoms with Crippen LogP contribution in [0.3, 0.4) is 0 Å². The van der Waals surface area contributed by atoms with Crippen LogP contribution in [-0.4, -0.2) is 5.91 Å². The molecular formula is C17H18F2N2O. The lowest BCUT2D eigenvalue weighted by Crippen LogP contribution is -2.30. The lowest BCUT2D eigenvalue weighted by Gasteiger charge is -2.19. The van der Waals surface area contributed by atoms with Crippen molar-refractivity contribution in [3.05, 3.63) is 65.2 Å². The number of carbonyl (C=O) groups is 1. The molecule has 2 rings (SSSR count). The van der Waals surface area contributed by atoms with Crippen molar-refractivity contribution in [3.8, 4) is 0 Å². The summed E-state index contributed by atoms with van der Waals surface area (Å²) >= 11 is 0. The SMILES string of the molecule is CC(C)(C)c1ccc(C(=O)NNc2c(F)cccc2F)cc1. The quantitative estimate of drug-likeness (QED) is 0.841. The molecule has 0 aliphatic heterocycles. The van der Waals surface area contributed by atoms with Gasteiger partial charge in [0.05, 0.1) is 0 Å². The number of halogens is 2. The standard InChI is InChI=1S/C17H18F2N2O/c1-17(2,3)12-9-7-11(8-10-12)16(22)21-20-15-13(18)5-4-6-14(15)19/h4-10,20H,1-3H3,(H,21,22). The van der Waals surface area contributed by atoms with Crippen LogP contribution in [0.5, 0.6) is 0 Å². The number of hydrogen-bond donors (Lipinski definition) is 2. The Labute approximate surface area is 128 Å². The number of benzene rings is 2. The minimum atomic E-state index is -0.775. The molecule has 1 amide bonds. The van der Waals surface area contributed by atoms with E-state index in [9.17, 15) is 13.6 Å². The van der Waals surface area contributed by atoms with E-state index in [1.54, 1.807) is 12.1 Å². The third kappa shape index (κ3) is 3.61. The second-order valence-electron chi connectivity index (χ2n) is 6.00. The maximum absolute atomic E-state index is 13.4. The van der Waals surface area contributed by atoms with Gasteiger partial charge < -0.3 is 0 Å². The van der Waals surface area contributed by atoms with Gasteiger partial charge in [-0.2, -0.15) is 0 Å². The first-order valence-electron chi connectivity index (χ1n) is 6.90. The summed E-state index contributed by atoms with van der Waals surface area (Å²) in [6.07, 6.45) is 0. The van der Waals surface area contributed by atoms with E-state index in [1.807, 2.05) is 12.1 Å². The van der Waals surface area contributed by atoms with Gasteiger partial charge in [0.1, 0.15) is 5.69 Å². The zero-order chi connectivity index (χ0) is 16.3. The van der Waals surface area contributed by atoms with Crippen LogP contribution in [0, 0.1) is 11.6 Å².